The van der Waals surface area contributed by atoms with Gasteiger partial charge in [-0.25, -0.2) is 4.98 Å². The first-order valence-electron chi connectivity index (χ1n) is 5.31. The Kier molecular flexibility index (Phi) is 3.33. The van der Waals surface area contributed by atoms with Crippen LogP contribution >= 0.6 is 22.9 Å². The monoisotopic (exact) mass is 244 g/mol. The number of nitrogens with zero attached hydrogens (tertiary/aromatic N) is 2. The molecule has 1 aliphatic rings. The molecule has 4 heteroatoms. The van der Waals surface area contributed by atoms with Gasteiger partial charge in [0.25, 0.3) is 0 Å². The minimum absolute atomic E-state index is 0.479. The molecule has 1 aromatic rings. The van der Waals surface area contributed by atoms with E-state index in [1.165, 1.54) is 24.5 Å². The number of halogens is 1. The number of alkyl halides is 1. The second-order valence-corrected chi connectivity index (χ2v) is 6.20. The fourth-order valence-electron chi connectivity index (χ4n) is 2.03. The van der Waals surface area contributed by atoms with Crippen LogP contribution in [0, 0.1) is 5.41 Å². The van der Waals surface area contributed by atoms with Gasteiger partial charge >= 0.3 is 0 Å². The standard InChI is InChI=1S/C11H17ClN2S/c1-11(2)3-4-14(8-11)6-10-13-9(5-12)7-15-10/h7H,3-6,8H2,1-2H3. The summed E-state index contributed by atoms with van der Waals surface area (Å²) in [6.07, 6.45) is 1.29. The molecule has 0 atom stereocenters. The normalized spacial score (nSPS) is 21.0. The minimum atomic E-state index is 0.479. The van der Waals surface area contributed by atoms with Gasteiger partial charge in [-0.15, -0.1) is 22.9 Å². The lowest BCUT2D eigenvalue weighted by molar-refractivity contribution is 0.284. The number of hydrogen-bond acceptors (Lipinski definition) is 3. The van der Waals surface area contributed by atoms with E-state index >= 15 is 0 Å². The lowest BCUT2D eigenvalue weighted by Crippen LogP contribution is -2.22. The molecule has 84 valence electrons. The summed E-state index contributed by atoms with van der Waals surface area (Å²) in [4.78, 5) is 6.97. The number of aromatic nitrogens is 1. The second kappa shape index (κ2) is 4.40. The quantitative estimate of drug-likeness (QED) is 0.760. The Morgan fingerprint density at radius 2 is 2.40 bits per heavy atom. The van der Waals surface area contributed by atoms with Crippen molar-refractivity contribution in [3.8, 4) is 0 Å². The van der Waals surface area contributed by atoms with E-state index in [1.807, 2.05) is 0 Å². The molecule has 1 fully saturated rings. The molecule has 0 N–H and O–H groups in total. The summed E-state index contributed by atoms with van der Waals surface area (Å²) >= 11 is 7.46. The first kappa shape index (κ1) is 11.4. The van der Waals surface area contributed by atoms with E-state index in [2.05, 4.69) is 29.1 Å². The van der Waals surface area contributed by atoms with Gasteiger partial charge in [0.05, 0.1) is 18.1 Å². The molecule has 2 nitrogen and oxygen atoms in total. The van der Waals surface area contributed by atoms with Crippen molar-refractivity contribution in [2.75, 3.05) is 13.1 Å². The van der Waals surface area contributed by atoms with Crippen molar-refractivity contribution in [2.45, 2.75) is 32.7 Å². The topological polar surface area (TPSA) is 16.1 Å². The lowest BCUT2D eigenvalue weighted by atomic mass is 9.93. The maximum absolute atomic E-state index is 5.73. The Morgan fingerprint density at radius 3 is 2.93 bits per heavy atom. The summed E-state index contributed by atoms with van der Waals surface area (Å²) in [5.41, 5.74) is 1.49. The fraction of sp³-hybridized carbons (Fsp3) is 0.727. The molecule has 0 radical (unpaired) electrons. The molecule has 0 aromatic carbocycles. The highest BCUT2D eigenvalue weighted by molar-refractivity contribution is 7.09. The Balaban J connectivity index is 1.92. The Labute approximate surface area is 100 Å². The second-order valence-electron chi connectivity index (χ2n) is 4.99. The first-order chi connectivity index (χ1) is 7.09. The molecular formula is C11H17ClN2S. The first-order valence-corrected chi connectivity index (χ1v) is 6.72. The van der Waals surface area contributed by atoms with Crippen molar-refractivity contribution < 1.29 is 0 Å². The van der Waals surface area contributed by atoms with Crippen LogP contribution in [0.15, 0.2) is 5.38 Å². The zero-order valence-corrected chi connectivity index (χ0v) is 10.9. The zero-order valence-electron chi connectivity index (χ0n) is 9.29. The number of hydrogen-bond donors (Lipinski definition) is 0. The minimum Gasteiger partial charge on any atom is -0.296 e. The molecule has 2 rings (SSSR count). The van der Waals surface area contributed by atoms with E-state index in [4.69, 9.17) is 11.6 Å². The van der Waals surface area contributed by atoms with Crippen LogP contribution in [-0.2, 0) is 12.4 Å². The van der Waals surface area contributed by atoms with Gasteiger partial charge in [0.15, 0.2) is 0 Å². The molecule has 1 saturated heterocycles. The predicted molar refractivity (Wildman–Crippen MR) is 65.3 cm³/mol. The molecule has 15 heavy (non-hydrogen) atoms. The van der Waals surface area contributed by atoms with Crippen molar-refractivity contribution >= 4 is 22.9 Å². The van der Waals surface area contributed by atoms with Crippen LogP contribution in [0.3, 0.4) is 0 Å². The fourth-order valence-corrected chi connectivity index (χ4v) is 3.10. The highest BCUT2D eigenvalue weighted by Gasteiger charge is 2.29. The highest BCUT2D eigenvalue weighted by atomic mass is 35.5. The predicted octanol–water partition coefficient (Wildman–Crippen LogP) is 3.11. The molecular weight excluding hydrogens is 228 g/mol. The van der Waals surface area contributed by atoms with Gasteiger partial charge in [-0.1, -0.05) is 13.8 Å². The molecule has 0 spiro atoms. The summed E-state index contributed by atoms with van der Waals surface area (Å²) in [7, 11) is 0. The molecule has 1 aliphatic heterocycles. The third-order valence-corrected chi connectivity index (χ3v) is 4.01. The Morgan fingerprint density at radius 1 is 1.60 bits per heavy atom. The molecule has 0 saturated carbocycles. The van der Waals surface area contributed by atoms with Crippen molar-refractivity contribution in [2.24, 2.45) is 5.41 Å². The summed E-state index contributed by atoms with van der Waals surface area (Å²) in [5.74, 6) is 0.530. The van der Waals surface area contributed by atoms with Crippen molar-refractivity contribution in [1.29, 1.82) is 0 Å². The van der Waals surface area contributed by atoms with Gasteiger partial charge < -0.3 is 0 Å². The number of rotatable bonds is 3. The van der Waals surface area contributed by atoms with Gasteiger partial charge in [0, 0.05) is 11.9 Å². The van der Waals surface area contributed by atoms with E-state index in [0.717, 1.165) is 12.2 Å². The van der Waals surface area contributed by atoms with Gasteiger partial charge in [-0.05, 0) is 18.4 Å². The molecule has 2 heterocycles. The maximum Gasteiger partial charge on any atom is 0.107 e. The van der Waals surface area contributed by atoms with E-state index in [0.29, 0.717) is 11.3 Å². The van der Waals surface area contributed by atoms with Crippen LogP contribution in [0.25, 0.3) is 0 Å². The zero-order chi connectivity index (χ0) is 10.9. The van der Waals surface area contributed by atoms with Crippen molar-refractivity contribution in [3.05, 3.63) is 16.1 Å². The van der Waals surface area contributed by atoms with Crippen LogP contribution < -0.4 is 0 Å². The maximum atomic E-state index is 5.73. The van der Waals surface area contributed by atoms with Crippen molar-refractivity contribution in [3.63, 3.8) is 0 Å². The number of likely N-dealkylation sites (tertiary alicyclic amines) is 1. The lowest BCUT2D eigenvalue weighted by Gasteiger charge is -2.18. The van der Waals surface area contributed by atoms with Gasteiger partial charge in [0.2, 0.25) is 0 Å². The largest absolute Gasteiger partial charge is 0.296 e. The van der Waals surface area contributed by atoms with Crippen molar-refractivity contribution in [1.82, 2.24) is 9.88 Å². The molecule has 0 aliphatic carbocycles. The summed E-state index contributed by atoms with van der Waals surface area (Å²) < 4.78 is 0. The van der Waals surface area contributed by atoms with Crippen LogP contribution in [0.1, 0.15) is 31.0 Å². The van der Waals surface area contributed by atoms with E-state index in [1.54, 1.807) is 11.3 Å². The van der Waals surface area contributed by atoms with Crippen LogP contribution in [0.2, 0.25) is 0 Å². The molecule has 0 amide bonds. The van der Waals surface area contributed by atoms with E-state index in [-0.39, 0.29) is 0 Å². The summed E-state index contributed by atoms with van der Waals surface area (Å²) in [6, 6.07) is 0. The van der Waals surface area contributed by atoms with E-state index in [9.17, 15) is 0 Å². The highest BCUT2D eigenvalue weighted by Crippen LogP contribution is 2.30. The summed E-state index contributed by atoms with van der Waals surface area (Å²) in [6.45, 7) is 8.04. The van der Waals surface area contributed by atoms with E-state index < -0.39 is 0 Å². The SMILES string of the molecule is CC1(C)CCN(Cc2nc(CCl)cs2)C1. The summed E-state index contributed by atoms with van der Waals surface area (Å²) in [5, 5.41) is 3.26. The Bertz CT molecular complexity index is 335. The molecule has 0 unspecified atom stereocenters. The van der Waals surface area contributed by atoms with Crippen LogP contribution in [-0.4, -0.2) is 23.0 Å². The van der Waals surface area contributed by atoms with Crippen LogP contribution in [0.5, 0.6) is 0 Å². The van der Waals surface area contributed by atoms with Gasteiger partial charge in [-0.2, -0.15) is 0 Å². The number of thiazole rings is 1. The third kappa shape index (κ3) is 2.92. The average Bonchev–Trinajstić information content (AvgIpc) is 2.73. The molecule has 0 bridgehead atoms. The smallest absolute Gasteiger partial charge is 0.107 e. The van der Waals surface area contributed by atoms with Gasteiger partial charge in [0.1, 0.15) is 5.01 Å². The average molecular weight is 245 g/mol. The third-order valence-electron chi connectivity index (χ3n) is 2.85. The Hall–Kier alpha value is -0.120. The van der Waals surface area contributed by atoms with Crippen LogP contribution in [0.4, 0.5) is 0 Å². The molecule has 1 aromatic heterocycles. The van der Waals surface area contributed by atoms with Gasteiger partial charge in [-0.3, -0.25) is 4.90 Å².